The van der Waals surface area contributed by atoms with E-state index >= 15 is 0 Å². The van der Waals surface area contributed by atoms with Crippen molar-refractivity contribution in [3.8, 4) is 0 Å². The highest BCUT2D eigenvalue weighted by molar-refractivity contribution is 7.87. The topological polar surface area (TPSA) is 91.0 Å². The Morgan fingerprint density at radius 3 is 2.07 bits per heavy atom. The highest BCUT2D eigenvalue weighted by atomic mass is 32.2. The highest BCUT2D eigenvalue weighted by Gasteiger charge is 2.29. The van der Waals surface area contributed by atoms with E-state index in [2.05, 4.69) is 47.6 Å². The quantitative estimate of drug-likeness (QED) is 0.597. The summed E-state index contributed by atoms with van der Waals surface area (Å²) in [5.41, 5.74) is 0.803. The van der Waals surface area contributed by atoms with E-state index in [1.165, 1.54) is 0 Å². The first kappa shape index (κ1) is 22.5. The van der Waals surface area contributed by atoms with E-state index in [-0.39, 0.29) is 0 Å². The fourth-order valence-electron chi connectivity index (χ4n) is 2.78. The van der Waals surface area contributed by atoms with Gasteiger partial charge in [-0.1, -0.05) is 58.0 Å². The Balaban J connectivity index is 2.30. The lowest BCUT2D eigenvalue weighted by atomic mass is 10.1. The first-order chi connectivity index (χ1) is 13.2. The van der Waals surface area contributed by atoms with Gasteiger partial charge in [0.1, 0.15) is 11.9 Å². The van der Waals surface area contributed by atoms with Gasteiger partial charge in [0.25, 0.3) is 10.2 Å². The summed E-state index contributed by atoms with van der Waals surface area (Å²) >= 11 is 0. The number of hydrogen-bond donors (Lipinski definition) is 2. The van der Waals surface area contributed by atoms with Crippen LogP contribution in [0.3, 0.4) is 0 Å². The monoisotopic (exact) mass is 407 g/mol. The van der Waals surface area contributed by atoms with Crippen LogP contribution in [-0.2, 0) is 10.2 Å². The standard InChI is InChI=1S/C20H33N5O2S/c1-15(2)11-13-25(14-12-16(3)4)28(26,27)24-19(18-9-7-6-8-10-18)20-21-17(5)22-23-20/h6-10,15-16,19,24H,11-14H2,1-5H3,(H,21,22,23). The van der Waals surface area contributed by atoms with Crippen molar-refractivity contribution in [2.45, 2.75) is 53.5 Å². The zero-order valence-electron chi connectivity index (χ0n) is 17.5. The van der Waals surface area contributed by atoms with E-state index in [4.69, 9.17) is 0 Å². The number of benzene rings is 1. The van der Waals surface area contributed by atoms with Crippen molar-refractivity contribution in [1.82, 2.24) is 24.2 Å². The zero-order valence-corrected chi connectivity index (χ0v) is 18.3. The molecule has 156 valence electrons. The molecule has 0 spiro atoms. The molecule has 1 atom stereocenters. The second-order valence-corrected chi connectivity index (χ2v) is 9.71. The van der Waals surface area contributed by atoms with Gasteiger partial charge < -0.3 is 0 Å². The van der Waals surface area contributed by atoms with Crippen LogP contribution in [0.4, 0.5) is 0 Å². The van der Waals surface area contributed by atoms with Crippen molar-refractivity contribution in [3.05, 3.63) is 47.5 Å². The minimum Gasteiger partial charge on any atom is -0.263 e. The van der Waals surface area contributed by atoms with Crippen molar-refractivity contribution in [3.63, 3.8) is 0 Å². The molecule has 1 unspecified atom stereocenters. The number of nitrogens with zero attached hydrogens (tertiary/aromatic N) is 3. The summed E-state index contributed by atoms with van der Waals surface area (Å²) < 4.78 is 30.9. The van der Waals surface area contributed by atoms with Crippen molar-refractivity contribution in [1.29, 1.82) is 0 Å². The van der Waals surface area contributed by atoms with E-state index in [0.717, 1.165) is 18.4 Å². The number of aromatic amines is 1. The van der Waals surface area contributed by atoms with Crippen LogP contribution in [-0.4, -0.2) is 41.0 Å². The Labute approximate surface area is 169 Å². The Morgan fingerprint density at radius 1 is 1.04 bits per heavy atom. The number of H-pyrrole nitrogens is 1. The van der Waals surface area contributed by atoms with Gasteiger partial charge in [0.2, 0.25) is 0 Å². The lowest BCUT2D eigenvalue weighted by Crippen LogP contribution is -2.44. The minimum atomic E-state index is -3.71. The van der Waals surface area contributed by atoms with E-state index < -0.39 is 16.3 Å². The predicted molar refractivity (Wildman–Crippen MR) is 112 cm³/mol. The van der Waals surface area contributed by atoms with Crippen LogP contribution >= 0.6 is 0 Å². The van der Waals surface area contributed by atoms with Gasteiger partial charge in [-0.25, -0.2) is 4.98 Å². The molecule has 28 heavy (non-hydrogen) atoms. The summed E-state index contributed by atoms with van der Waals surface area (Å²) in [5, 5.41) is 7.01. The van der Waals surface area contributed by atoms with E-state index in [9.17, 15) is 8.42 Å². The van der Waals surface area contributed by atoms with Gasteiger partial charge in [0, 0.05) is 13.1 Å². The molecule has 0 saturated carbocycles. The molecule has 0 aliphatic heterocycles. The lowest BCUT2D eigenvalue weighted by molar-refractivity contribution is 0.350. The molecule has 0 aliphatic rings. The summed E-state index contributed by atoms with van der Waals surface area (Å²) in [6, 6.07) is 8.78. The maximum absolute atomic E-state index is 13.3. The van der Waals surface area contributed by atoms with E-state index in [1.54, 1.807) is 11.2 Å². The van der Waals surface area contributed by atoms with Crippen LogP contribution in [0.2, 0.25) is 0 Å². The Morgan fingerprint density at radius 2 is 1.61 bits per heavy atom. The molecule has 0 fully saturated rings. The highest BCUT2D eigenvalue weighted by Crippen LogP contribution is 2.21. The molecule has 0 amide bonds. The molecule has 2 N–H and O–H groups in total. The molecular weight excluding hydrogens is 374 g/mol. The third-order valence-electron chi connectivity index (χ3n) is 4.52. The SMILES string of the molecule is Cc1nc(C(NS(=O)(=O)N(CCC(C)C)CCC(C)C)c2ccccc2)n[nH]1. The molecule has 1 aromatic carbocycles. The average Bonchev–Trinajstić information content (AvgIpc) is 3.06. The van der Waals surface area contributed by atoms with Gasteiger partial charge in [-0.3, -0.25) is 5.10 Å². The Bertz CT molecular complexity index is 806. The summed E-state index contributed by atoms with van der Waals surface area (Å²) in [6.07, 6.45) is 1.63. The van der Waals surface area contributed by atoms with Gasteiger partial charge in [-0.2, -0.15) is 22.5 Å². The first-order valence-corrected chi connectivity index (χ1v) is 11.3. The van der Waals surface area contributed by atoms with Crippen LogP contribution in [0.1, 0.15) is 63.8 Å². The first-order valence-electron chi connectivity index (χ1n) is 9.90. The largest absolute Gasteiger partial charge is 0.280 e. The maximum atomic E-state index is 13.3. The van der Waals surface area contributed by atoms with Crippen LogP contribution < -0.4 is 4.72 Å². The smallest absolute Gasteiger partial charge is 0.263 e. The molecule has 2 rings (SSSR count). The van der Waals surface area contributed by atoms with Crippen molar-refractivity contribution in [2.24, 2.45) is 11.8 Å². The molecule has 7 nitrogen and oxygen atoms in total. The predicted octanol–water partition coefficient (Wildman–Crippen LogP) is 3.43. The van der Waals surface area contributed by atoms with Crippen LogP contribution in [0.15, 0.2) is 30.3 Å². The molecule has 0 aliphatic carbocycles. The molecule has 8 heteroatoms. The van der Waals surface area contributed by atoms with Gasteiger partial charge in [0.15, 0.2) is 5.82 Å². The third kappa shape index (κ3) is 6.68. The van der Waals surface area contributed by atoms with Crippen molar-refractivity contribution in [2.75, 3.05) is 13.1 Å². The number of hydrogen-bond acceptors (Lipinski definition) is 4. The van der Waals surface area contributed by atoms with Crippen LogP contribution in [0, 0.1) is 18.8 Å². The number of aryl methyl sites for hydroxylation is 1. The summed E-state index contributed by atoms with van der Waals surface area (Å²) in [5.74, 6) is 1.92. The van der Waals surface area contributed by atoms with Gasteiger partial charge >= 0.3 is 0 Å². The van der Waals surface area contributed by atoms with Crippen molar-refractivity contribution >= 4 is 10.2 Å². The number of aromatic nitrogens is 3. The minimum absolute atomic E-state index is 0.417. The third-order valence-corrected chi connectivity index (χ3v) is 6.10. The molecule has 1 heterocycles. The summed E-state index contributed by atoms with van der Waals surface area (Å²) in [6.45, 7) is 11.2. The fraction of sp³-hybridized carbons (Fsp3) is 0.600. The fourth-order valence-corrected chi connectivity index (χ4v) is 4.16. The Hall–Kier alpha value is -1.77. The van der Waals surface area contributed by atoms with Crippen LogP contribution in [0.5, 0.6) is 0 Å². The summed E-state index contributed by atoms with van der Waals surface area (Å²) in [7, 11) is -3.71. The number of nitrogens with one attached hydrogen (secondary N) is 2. The summed E-state index contributed by atoms with van der Waals surface area (Å²) in [4.78, 5) is 4.37. The zero-order chi connectivity index (χ0) is 20.7. The van der Waals surface area contributed by atoms with Crippen LogP contribution in [0.25, 0.3) is 0 Å². The lowest BCUT2D eigenvalue weighted by Gasteiger charge is -2.26. The average molecular weight is 408 g/mol. The molecule has 0 radical (unpaired) electrons. The van der Waals surface area contributed by atoms with Crippen molar-refractivity contribution < 1.29 is 8.42 Å². The van der Waals surface area contributed by atoms with Gasteiger partial charge in [-0.15, -0.1) is 0 Å². The van der Waals surface area contributed by atoms with Gasteiger partial charge in [-0.05, 0) is 37.2 Å². The molecular formula is C20H33N5O2S. The van der Waals surface area contributed by atoms with E-state index in [1.807, 2.05) is 30.3 Å². The number of rotatable bonds is 11. The Kier molecular flexibility index (Phi) is 8.15. The molecule has 0 bridgehead atoms. The molecule has 1 aromatic heterocycles. The normalized spacial score (nSPS) is 13.6. The van der Waals surface area contributed by atoms with Gasteiger partial charge in [0.05, 0.1) is 0 Å². The second kappa shape index (κ2) is 10.1. The second-order valence-electron chi connectivity index (χ2n) is 8.01. The maximum Gasteiger partial charge on any atom is 0.280 e. The molecule has 2 aromatic rings. The van der Waals surface area contributed by atoms with E-state index in [0.29, 0.717) is 36.6 Å². The molecule has 0 saturated heterocycles.